The number of thioether (sulfide) groups is 1. The Morgan fingerprint density at radius 3 is 2.66 bits per heavy atom. The van der Waals surface area contributed by atoms with Crippen molar-refractivity contribution in [3.8, 4) is 16.3 Å². The molecule has 1 atom stereocenters. The molecule has 1 aliphatic rings. The van der Waals surface area contributed by atoms with Gasteiger partial charge in [-0.1, -0.05) is 36.4 Å². The summed E-state index contributed by atoms with van der Waals surface area (Å²) in [5.41, 5.74) is 4.21. The number of para-hydroxylation sites is 1. The van der Waals surface area contributed by atoms with Gasteiger partial charge in [-0.15, -0.1) is 23.1 Å². The average Bonchev–Trinajstić information content (AvgIpc) is 3.55. The number of hydrogen-bond donors (Lipinski definition) is 1. The van der Waals surface area contributed by atoms with E-state index in [2.05, 4.69) is 5.32 Å². The number of benzene rings is 2. The molecule has 0 saturated heterocycles. The lowest BCUT2D eigenvalue weighted by molar-refractivity contribution is -0.123. The van der Waals surface area contributed by atoms with Crippen molar-refractivity contribution < 1.29 is 18.7 Å². The quantitative estimate of drug-likeness (QED) is 0.313. The summed E-state index contributed by atoms with van der Waals surface area (Å²) in [7, 11) is 1.57. The van der Waals surface area contributed by atoms with E-state index >= 15 is 0 Å². The molecule has 2 aromatic heterocycles. The third-order valence-electron chi connectivity index (χ3n) is 6.29. The van der Waals surface area contributed by atoms with Crippen molar-refractivity contribution in [3.63, 3.8) is 0 Å². The molecular weight excluding hydrogens is 523 g/mol. The van der Waals surface area contributed by atoms with Crippen molar-refractivity contribution in [2.24, 2.45) is 0 Å². The number of ether oxygens (including phenoxy) is 1. The van der Waals surface area contributed by atoms with Crippen LogP contribution in [0.2, 0.25) is 0 Å². The minimum Gasteiger partial charge on any atom is -0.383 e. The largest absolute Gasteiger partial charge is 0.383 e. The summed E-state index contributed by atoms with van der Waals surface area (Å²) in [6, 6.07) is 18.1. The number of amides is 2. The zero-order valence-corrected chi connectivity index (χ0v) is 22.7. The molecule has 0 aliphatic carbocycles. The molecule has 5 rings (SSSR count). The fourth-order valence-corrected chi connectivity index (χ4v) is 6.40. The summed E-state index contributed by atoms with van der Waals surface area (Å²) in [6.07, 6.45) is 0. The van der Waals surface area contributed by atoms with E-state index in [9.17, 15) is 14.0 Å². The highest BCUT2D eigenvalue weighted by molar-refractivity contribution is 8.00. The molecule has 38 heavy (non-hydrogen) atoms. The van der Waals surface area contributed by atoms with Crippen molar-refractivity contribution in [2.75, 3.05) is 37.5 Å². The molecule has 2 amide bonds. The number of carbonyl (C=O) groups excluding carboxylic acids is 2. The lowest BCUT2D eigenvalue weighted by atomic mass is 10.0. The van der Waals surface area contributed by atoms with Crippen molar-refractivity contribution in [3.05, 3.63) is 88.6 Å². The smallest absolute Gasteiger partial charge is 0.240 e. The van der Waals surface area contributed by atoms with Gasteiger partial charge in [-0.3, -0.25) is 14.5 Å². The molecule has 196 valence electrons. The second-order valence-electron chi connectivity index (χ2n) is 8.83. The minimum atomic E-state index is -0.327. The van der Waals surface area contributed by atoms with Crippen LogP contribution in [0.4, 0.5) is 10.2 Å². The molecule has 10 heteroatoms. The van der Waals surface area contributed by atoms with E-state index in [4.69, 9.17) is 9.84 Å². The van der Waals surface area contributed by atoms with E-state index in [0.29, 0.717) is 19.0 Å². The van der Waals surface area contributed by atoms with Crippen LogP contribution in [-0.2, 0) is 14.3 Å². The van der Waals surface area contributed by atoms with Gasteiger partial charge in [0.1, 0.15) is 23.9 Å². The van der Waals surface area contributed by atoms with Gasteiger partial charge in [0.05, 0.1) is 28.2 Å². The Morgan fingerprint density at radius 2 is 1.95 bits per heavy atom. The van der Waals surface area contributed by atoms with Crippen LogP contribution < -0.4 is 10.2 Å². The number of nitrogens with zero attached hydrogens (tertiary/aromatic N) is 3. The number of nitrogens with one attached hydrogen (secondary N) is 1. The summed E-state index contributed by atoms with van der Waals surface area (Å²) >= 11 is 3.01. The highest BCUT2D eigenvalue weighted by Gasteiger charge is 2.38. The Hall–Kier alpha value is -3.47. The number of thiophene rings is 1. The molecule has 3 heterocycles. The monoisotopic (exact) mass is 550 g/mol. The predicted molar refractivity (Wildman–Crippen MR) is 150 cm³/mol. The van der Waals surface area contributed by atoms with Crippen LogP contribution in [0.3, 0.4) is 0 Å². The molecule has 0 saturated carbocycles. The van der Waals surface area contributed by atoms with Crippen LogP contribution in [0.25, 0.3) is 16.3 Å². The Balaban J connectivity index is 1.74. The second-order valence-corrected chi connectivity index (χ2v) is 10.9. The maximum absolute atomic E-state index is 13.9. The fourth-order valence-electron chi connectivity index (χ4n) is 4.48. The third kappa shape index (κ3) is 5.24. The first-order valence-electron chi connectivity index (χ1n) is 12.1. The highest BCUT2D eigenvalue weighted by atomic mass is 32.2. The predicted octanol–water partition coefficient (Wildman–Crippen LogP) is 4.98. The van der Waals surface area contributed by atoms with Crippen molar-refractivity contribution in [1.82, 2.24) is 15.1 Å². The first-order chi connectivity index (χ1) is 18.5. The lowest BCUT2D eigenvalue weighted by Gasteiger charge is -2.23. The van der Waals surface area contributed by atoms with Crippen LogP contribution in [-0.4, -0.2) is 54.2 Å². The van der Waals surface area contributed by atoms with Crippen LogP contribution in [0, 0.1) is 12.7 Å². The Morgan fingerprint density at radius 1 is 1.16 bits per heavy atom. The highest BCUT2D eigenvalue weighted by Crippen LogP contribution is 2.49. The molecule has 0 fully saturated rings. The van der Waals surface area contributed by atoms with Gasteiger partial charge in [0, 0.05) is 19.2 Å². The van der Waals surface area contributed by atoms with Crippen molar-refractivity contribution >= 4 is 40.7 Å². The average molecular weight is 551 g/mol. The molecule has 0 unspecified atom stereocenters. The molecule has 4 aromatic rings. The minimum absolute atomic E-state index is 0.153. The van der Waals surface area contributed by atoms with Gasteiger partial charge in [-0.25, -0.2) is 9.07 Å². The van der Waals surface area contributed by atoms with E-state index in [1.54, 1.807) is 35.3 Å². The molecule has 0 spiro atoms. The summed E-state index contributed by atoms with van der Waals surface area (Å²) in [6.45, 7) is 2.54. The number of rotatable bonds is 8. The van der Waals surface area contributed by atoms with E-state index in [-0.39, 0.29) is 35.2 Å². The summed E-state index contributed by atoms with van der Waals surface area (Å²) in [5, 5.41) is 9.57. The van der Waals surface area contributed by atoms with Gasteiger partial charge >= 0.3 is 0 Å². The van der Waals surface area contributed by atoms with Crippen molar-refractivity contribution in [2.45, 2.75) is 12.2 Å². The van der Waals surface area contributed by atoms with Crippen LogP contribution in [0.5, 0.6) is 0 Å². The van der Waals surface area contributed by atoms with Gasteiger partial charge in [-0.05, 0) is 47.7 Å². The van der Waals surface area contributed by atoms with E-state index in [0.717, 1.165) is 32.9 Å². The number of fused-ring (bicyclic) bond motifs is 1. The Bertz CT molecular complexity index is 1440. The summed E-state index contributed by atoms with van der Waals surface area (Å²) in [5.74, 6) is -0.113. The van der Waals surface area contributed by atoms with Gasteiger partial charge < -0.3 is 10.1 Å². The summed E-state index contributed by atoms with van der Waals surface area (Å²) in [4.78, 5) is 29.1. The normalized spacial score (nSPS) is 15.3. The van der Waals surface area contributed by atoms with Gasteiger partial charge in [-0.2, -0.15) is 5.10 Å². The molecular formula is C28H27FN4O3S2. The number of halogens is 1. The van der Waals surface area contributed by atoms with Crippen LogP contribution in [0.1, 0.15) is 21.9 Å². The molecule has 1 N–H and O–H groups in total. The number of carbonyl (C=O) groups is 2. The van der Waals surface area contributed by atoms with E-state index < -0.39 is 0 Å². The molecule has 2 aromatic carbocycles. The van der Waals surface area contributed by atoms with Crippen LogP contribution in [0.15, 0.2) is 66.0 Å². The standard InChI is InChI=1S/C28H27FN4O3S2/c1-18-6-3-4-7-21(18)33-28-25(26(31-33)22-8-5-15-37-22)27(19-9-11-20(29)12-10-19)38-17-24(35)32(28)16-23(34)30-13-14-36-2/h3-12,15,27H,13-14,16-17H2,1-2H3,(H,30,34)/t27-/m1/s1. The third-order valence-corrected chi connectivity index (χ3v) is 8.42. The number of anilines is 1. The first kappa shape index (κ1) is 26.1. The van der Waals surface area contributed by atoms with Crippen molar-refractivity contribution in [1.29, 1.82) is 0 Å². The molecule has 0 bridgehead atoms. The number of methoxy groups -OCH3 is 1. The number of hydrogen-bond acceptors (Lipinski definition) is 6. The fraction of sp³-hybridized carbons (Fsp3) is 0.250. The van der Waals surface area contributed by atoms with E-state index in [1.165, 1.54) is 28.8 Å². The topological polar surface area (TPSA) is 76.5 Å². The Kier molecular flexibility index (Phi) is 7.92. The van der Waals surface area contributed by atoms with Gasteiger partial charge in [0.2, 0.25) is 11.8 Å². The zero-order chi connectivity index (χ0) is 26.6. The van der Waals surface area contributed by atoms with Gasteiger partial charge in [0.15, 0.2) is 0 Å². The zero-order valence-electron chi connectivity index (χ0n) is 21.0. The number of aryl methyl sites for hydroxylation is 1. The lowest BCUT2D eigenvalue weighted by Crippen LogP contribution is -2.43. The Labute approximate surface area is 228 Å². The molecule has 1 aliphatic heterocycles. The summed E-state index contributed by atoms with van der Waals surface area (Å²) < 4.78 is 20.7. The maximum atomic E-state index is 13.9. The van der Waals surface area contributed by atoms with E-state index in [1.807, 2.05) is 48.7 Å². The van der Waals surface area contributed by atoms with Gasteiger partial charge in [0.25, 0.3) is 0 Å². The first-order valence-corrected chi connectivity index (χ1v) is 14.1. The van der Waals surface area contributed by atoms with Crippen LogP contribution >= 0.6 is 23.1 Å². The number of aromatic nitrogens is 2. The SMILES string of the molecule is COCCNC(=O)CN1C(=O)CS[C@H](c2ccc(F)cc2)c2c(-c3cccs3)nn(-c3ccccc3C)c21. The maximum Gasteiger partial charge on any atom is 0.240 e. The molecule has 7 nitrogen and oxygen atoms in total. The molecule has 0 radical (unpaired) electrons. The second kappa shape index (κ2) is 11.5.